The van der Waals surface area contributed by atoms with E-state index in [9.17, 15) is 24.3 Å². The molecule has 2 aromatic rings. The highest BCUT2D eigenvalue weighted by Gasteiger charge is 2.28. The zero-order valence-corrected chi connectivity index (χ0v) is 14.4. The van der Waals surface area contributed by atoms with Gasteiger partial charge in [-0.2, -0.15) is 0 Å². The fourth-order valence-electron chi connectivity index (χ4n) is 2.75. The van der Waals surface area contributed by atoms with Crippen molar-refractivity contribution < 1.29 is 34.5 Å². The molecule has 27 heavy (non-hydrogen) atoms. The zero-order chi connectivity index (χ0) is 20.1. The molecule has 144 valence electrons. The summed E-state index contributed by atoms with van der Waals surface area (Å²) >= 11 is 0. The van der Waals surface area contributed by atoms with Crippen LogP contribution in [0.5, 0.6) is 0 Å². The van der Waals surface area contributed by atoms with Crippen LogP contribution in [0, 0.1) is 0 Å². The van der Waals surface area contributed by atoms with E-state index in [1.54, 1.807) is 18.2 Å². The summed E-state index contributed by atoms with van der Waals surface area (Å²) in [7, 11) is 1.39. The number of fused-ring (bicyclic) bond motifs is 1. The Morgan fingerprint density at radius 3 is 2.41 bits per heavy atom. The molecule has 0 saturated carbocycles. The largest absolute Gasteiger partial charge is 0.481 e. The molecule has 10 heteroatoms. The molecule has 10 nitrogen and oxygen atoms in total. The smallest absolute Gasteiger partial charge is 0.325 e. The molecule has 1 heterocycles. The van der Waals surface area contributed by atoms with E-state index in [2.05, 4.69) is 10.3 Å². The maximum absolute atomic E-state index is 11.8. The van der Waals surface area contributed by atoms with Crippen LogP contribution in [-0.4, -0.2) is 62.6 Å². The number of hydrogen-bond acceptors (Lipinski definition) is 5. The Bertz CT molecular complexity index is 890. The topological polar surface area (TPSA) is 160 Å². The number of carbonyl (C=O) groups is 4. The number of anilines is 1. The molecule has 1 aromatic heterocycles. The molecule has 0 fully saturated rings. The van der Waals surface area contributed by atoms with E-state index in [-0.39, 0.29) is 12.8 Å². The molecule has 5 N–H and O–H groups in total. The van der Waals surface area contributed by atoms with Crippen LogP contribution in [0.2, 0.25) is 0 Å². The van der Waals surface area contributed by atoms with Gasteiger partial charge in [0.05, 0.1) is 13.0 Å². The van der Waals surface area contributed by atoms with Gasteiger partial charge in [0.25, 0.3) is 0 Å². The number of aliphatic carboxylic acids is 3. The van der Waals surface area contributed by atoms with E-state index < -0.39 is 36.4 Å². The quantitative estimate of drug-likeness (QED) is 0.434. The number of carbonyl (C=O) groups excluding carboxylic acids is 1. The van der Waals surface area contributed by atoms with Crippen molar-refractivity contribution in [3.05, 3.63) is 30.0 Å². The molecule has 0 aliphatic heterocycles. The maximum atomic E-state index is 11.8. The predicted molar refractivity (Wildman–Crippen MR) is 94.4 cm³/mol. The highest BCUT2D eigenvalue weighted by molar-refractivity contribution is 5.96. The summed E-state index contributed by atoms with van der Waals surface area (Å²) in [6.07, 6.45) is 0.995. The van der Waals surface area contributed by atoms with Gasteiger partial charge in [0.15, 0.2) is 0 Å². The Kier molecular flexibility index (Phi) is 6.14. The number of aromatic nitrogens is 1. The van der Waals surface area contributed by atoms with Gasteiger partial charge < -0.3 is 25.6 Å². The number of H-pyrrole nitrogens is 1. The van der Waals surface area contributed by atoms with E-state index in [0.29, 0.717) is 22.2 Å². The first-order valence-electron chi connectivity index (χ1n) is 7.96. The third-order valence-electron chi connectivity index (χ3n) is 3.92. The molecule has 0 spiro atoms. The normalized spacial score (nSPS) is 12.1. The second kappa shape index (κ2) is 8.32. The van der Waals surface area contributed by atoms with Gasteiger partial charge in [0, 0.05) is 34.8 Å². The Balaban J connectivity index is 2.32. The van der Waals surface area contributed by atoms with Crippen molar-refractivity contribution in [2.45, 2.75) is 18.9 Å². The van der Waals surface area contributed by atoms with Gasteiger partial charge >= 0.3 is 17.9 Å². The lowest BCUT2D eigenvalue weighted by molar-refractivity contribution is -0.145. The SMILES string of the molecule is CN(CC(=O)O)[C@H](C(=O)O)c1c[nH]c2ccc(NC(=O)CCC(=O)O)cc12. The zero-order valence-electron chi connectivity index (χ0n) is 14.4. The highest BCUT2D eigenvalue weighted by Crippen LogP contribution is 2.30. The Morgan fingerprint density at radius 1 is 1.11 bits per heavy atom. The summed E-state index contributed by atoms with van der Waals surface area (Å²) in [6.45, 7) is -0.463. The number of benzene rings is 1. The molecule has 0 aliphatic carbocycles. The van der Waals surface area contributed by atoms with Gasteiger partial charge in [-0.25, -0.2) is 0 Å². The van der Waals surface area contributed by atoms with Crippen LogP contribution in [0.4, 0.5) is 5.69 Å². The number of hydrogen-bond donors (Lipinski definition) is 5. The minimum Gasteiger partial charge on any atom is -0.481 e. The van der Waals surface area contributed by atoms with Crippen molar-refractivity contribution in [3.63, 3.8) is 0 Å². The second-order valence-corrected chi connectivity index (χ2v) is 6.00. The average Bonchev–Trinajstić information content (AvgIpc) is 2.95. The summed E-state index contributed by atoms with van der Waals surface area (Å²) < 4.78 is 0. The summed E-state index contributed by atoms with van der Waals surface area (Å²) in [5.41, 5.74) is 1.34. The lowest BCUT2D eigenvalue weighted by Gasteiger charge is -2.22. The third kappa shape index (κ3) is 5.05. The summed E-state index contributed by atoms with van der Waals surface area (Å²) in [6, 6.07) is 3.59. The molecule has 0 saturated heterocycles. The number of nitrogens with zero attached hydrogens (tertiary/aromatic N) is 1. The fraction of sp³-hybridized carbons (Fsp3) is 0.294. The third-order valence-corrected chi connectivity index (χ3v) is 3.92. The second-order valence-electron chi connectivity index (χ2n) is 6.00. The number of carboxylic acids is 3. The van der Waals surface area contributed by atoms with Crippen LogP contribution in [0.1, 0.15) is 24.4 Å². The van der Waals surface area contributed by atoms with E-state index in [0.717, 1.165) is 0 Å². The van der Waals surface area contributed by atoms with E-state index in [4.69, 9.17) is 10.2 Å². The molecule has 0 aliphatic rings. The van der Waals surface area contributed by atoms with Gasteiger partial charge in [-0.1, -0.05) is 0 Å². The van der Waals surface area contributed by atoms with Crippen molar-refractivity contribution in [2.24, 2.45) is 0 Å². The van der Waals surface area contributed by atoms with E-state index in [1.807, 2.05) is 0 Å². The van der Waals surface area contributed by atoms with Crippen molar-refractivity contribution in [2.75, 3.05) is 18.9 Å². The first kappa shape index (κ1) is 19.9. The number of rotatable bonds is 9. The standard InChI is InChI=1S/C17H19N3O7/c1-20(8-15(24)25)16(17(26)27)11-7-18-12-3-2-9(6-10(11)12)19-13(21)4-5-14(22)23/h2-3,6-7,16,18H,4-5,8H2,1H3,(H,19,21)(H,22,23)(H,24,25)(H,26,27)/t16-/m0/s1. The number of nitrogens with one attached hydrogen (secondary N) is 2. The molecule has 0 bridgehead atoms. The van der Waals surface area contributed by atoms with E-state index in [1.165, 1.54) is 18.1 Å². The maximum Gasteiger partial charge on any atom is 0.325 e. The van der Waals surface area contributed by atoms with E-state index >= 15 is 0 Å². The van der Waals surface area contributed by atoms with Gasteiger partial charge in [-0.15, -0.1) is 0 Å². The Labute approximate surface area is 153 Å². The Hall–Kier alpha value is -3.40. The lowest BCUT2D eigenvalue weighted by atomic mass is 10.0. The number of carboxylic acid groups (broad SMARTS) is 3. The Morgan fingerprint density at radius 2 is 1.81 bits per heavy atom. The van der Waals surface area contributed by atoms with Crippen molar-refractivity contribution in [1.29, 1.82) is 0 Å². The summed E-state index contributed by atoms with van der Waals surface area (Å²) in [4.78, 5) is 49.1. The van der Waals surface area contributed by atoms with Crippen molar-refractivity contribution >= 4 is 40.4 Å². The van der Waals surface area contributed by atoms with Crippen molar-refractivity contribution in [1.82, 2.24) is 9.88 Å². The van der Waals surface area contributed by atoms with Crippen LogP contribution in [0.15, 0.2) is 24.4 Å². The highest BCUT2D eigenvalue weighted by atomic mass is 16.4. The molecule has 1 aromatic carbocycles. The van der Waals surface area contributed by atoms with Crippen LogP contribution < -0.4 is 5.32 Å². The monoisotopic (exact) mass is 377 g/mol. The fourth-order valence-corrected chi connectivity index (χ4v) is 2.75. The summed E-state index contributed by atoms with van der Waals surface area (Å²) in [5.74, 6) is -3.93. The molecule has 0 radical (unpaired) electrons. The molecular weight excluding hydrogens is 358 g/mol. The first-order valence-corrected chi connectivity index (χ1v) is 7.96. The number of amides is 1. The minimum absolute atomic E-state index is 0.188. The van der Waals surface area contributed by atoms with Gasteiger partial charge in [0.2, 0.25) is 5.91 Å². The summed E-state index contributed by atoms with van der Waals surface area (Å²) in [5, 5.41) is 30.2. The predicted octanol–water partition coefficient (Wildman–Crippen LogP) is 1.11. The van der Waals surface area contributed by atoms with Crippen LogP contribution >= 0.6 is 0 Å². The molecule has 0 unspecified atom stereocenters. The van der Waals surface area contributed by atoms with Crippen LogP contribution in [0.3, 0.4) is 0 Å². The average molecular weight is 377 g/mol. The molecule has 2 rings (SSSR count). The first-order chi connectivity index (χ1) is 12.7. The van der Waals surface area contributed by atoms with Gasteiger partial charge in [0.1, 0.15) is 6.04 Å². The van der Waals surface area contributed by atoms with Crippen LogP contribution in [0.25, 0.3) is 10.9 Å². The minimum atomic E-state index is -1.21. The lowest BCUT2D eigenvalue weighted by Crippen LogP contribution is -2.34. The molecular formula is C17H19N3O7. The number of aromatic amines is 1. The van der Waals surface area contributed by atoms with Gasteiger partial charge in [-0.05, 0) is 25.2 Å². The molecule has 1 amide bonds. The number of likely N-dealkylation sites (N-methyl/N-ethyl adjacent to an activating group) is 1. The van der Waals surface area contributed by atoms with Gasteiger partial charge in [-0.3, -0.25) is 24.1 Å². The van der Waals surface area contributed by atoms with Crippen LogP contribution in [-0.2, 0) is 19.2 Å². The molecule has 1 atom stereocenters. The van der Waals surface area contributed by atoms with Crippen molar-refractivity contribution in [3.8, 4) is 0 Å².